The Kier molecular flexibility index (Phi) is 4.99. The van der Waals surface area contributed by atoms with Crippen molar-refractivity contribution in [2.24, 2.45) is 0 Å². The molecule has 1 aromatic heterocycles. The molecule has 3 rings (SSSR count). The molecule has 2 heterocycles. The topological polar surface area (TPSA) is 38.1 Å². The van der Waals surface area contributed by atoms with Crippen LogP contribution in [0.15, 0.2) is 24.3 Å². The van der Waals surface area contributed by atoms with Gasteiger partial charge in [-0.2, -0.15) is 0 Å². The highest BCUT2D eigenvalue weighted by atomic mass is 16.2. The van der Waals surface area contributed by atoms with Gasteiger partial charge < -0.3 is 9.47 Å². The standard InChI is InChI=1S/C19H27N3O/c1-15(2)19-20-16-9-5-6-10-17(16)22(19)14-11-18(23)21-12-7-3-4-8-13-21/h5-6,9-10,15H,3-4,7-8,11-14H2,1-2H3. The van der Waals surface area contributed by atoms with Crippen LogP contribution in [0.3, 0.4) is 0 Å². The molecule has 0 spiro atoms. The average Bonchev–Trinajstić information content (AvgIpc) is 2.72. The maximum atomic E-state index is 12.6. The number of carbonyl (C=O) groups excluding carboxylic acids is 1. The first-order valence-electron chi connectivity index (χ1n) is 8.90. The van der Waals surface area contributed by atoms with Crippen LogP contribution in [0.5, 0.6) is 0 Å². The Labute approximate surface area is 138 Å². The fourth-order valence-corrected chi connectivity index (χ4v) is 3.46. The zero-order valence-electron chi connectivity index (χ0n) is 14.3. The summed E-state index contributed by atoms with van der Waals surface area (Å²) in [5, 5.41) is 0. The minimum atomic E-state index is 0.291. The van der Waals surface area contributed by atoms with E-state index in [0.29, 0.717) is 18.2 Å². The monoisotopic (exact) mass is 313 g/mol. The van der Waals surface area contributed by atoms with Crippen molar-refractivity contribution in [3.8, 4) is 0 Å². The van der Waals surface area contributed by atoms with E-state index in [1.165, 1.54) is 12.8 Å². The van der Waals surface area contributed by atoms with Gasteiger partial charge in [-0.25, -0.2) is 4.98 Å². The summed E-state index contributed by atoms with van der Waals surface area (Å²) in [7, 11) is 0. The molecule has 0 radical (unpaired) electrons. The van der Waals surface area contributed by atoms with E-state index in [-0.39, 0.29) is 0 Å². The van der Waals surface area contributed by atoms with Crippen molar-refractivity contribution in [3.63, 3.8) is 0 Å². The summed E-state index contributed by atoms with van der Waals surface area (Å²) in [5.74, 6) is 1.73. The van der Waals surface area contributed by atoms with Crippen LogP contribution in [-0.4, -0.2) is 33.4 Å². The van der Waals surface area contributed by atoms with Crippen LogP contribution in [0.2, 0.25) is 0 Å². The molecule has 4 heteroatoms. The van der Waals surface area contributed by atoms with Crippen molar-refractivity contribution in [2.45, 2.75) is 58.4 Å². The third kappa shape index (κ3) is 3.57. The van der Waals surface area contributed by atoms with E-state index in [2.05, 4.69) is 29.4 Å². The first-order valence-corrected chi connectivity index (χ1v) is 8.90. The number of nitrogens with zero attached hydrogens (tertiary/aromatic N) is 3. The first-order chi connectivity index (χ1) is 11.2. The molecule has 1 aromatic carbocycles. The molecule has 0 atom stereocenters. The summed E-state index contributed by atoms with van der Waals surface area (Å²) in [6, 6.07) is 8.21. The molecule has 1 saturated heterocycles. The summed E-state index contributed by atoms with van der Waals surface area (Å²) in [4.78, 5) is 19.4. The van der Waals surface area contributed by atoms with Gasteiger partial charge in [-0.15, -0.1) is 0 Å². The zero-order chi connectivity index (χ0) is 16.2. The van der Waals surface area contributed by atoms with Crippen LogP contribution >= 0.6 is 0 Å². The number of imidazole rings is 1. The van der Waals surface area contributed by atoms with Gasteiger partial charge in [0, 0.05) is 32.0 Å². The molecule has 0 N–H and O–H groups in total. The van der Waals surface area contributed by atoms with Crippen molar-refractivity contribution in [2.75, 3.05) is 13.1 Å². The number of hydrogen-bond donors (Lipinski definition) is 0. The molecular formula is C19H27N3O. The van der Waals surface area contributed by atoms with E-state index in [1.807, 2.05) is 18.2 Å². The molecule has 2 aromatic rings. The lowest BCUT2D eigenvalue weighted by Crippen LogP contribution is -2.32. The molecule has 4 nitrogen and oxygen atoms in total. The minimum absolute atomic E-state index is 0.291. The number of amides is 1. The second kappa shape index (κ2) is 7.16. The molecule has 0 aliphatic carbocycles. The molecule has 0 saturated carbocycles. The van der Waals surface area contributed by atoms with E-state index >= 15 is 0 Å². The Morgan fingerprint density at radius 1 is 1.13 bits per heavy atom. The maximum Gasteiger partial charge on any atom is 0.224 e. The zero-order valence-corrected chi connectivity index (χ0v) is 14.3. The highest BCUT2D eigenvalue weighted by molar-refractivity contribution is 5.78. The van der Waals surface area contributed by atoms with Crippen molar-refractivity contribution >= 4 is 16.9 Å². The van der Waals surface area contributed by atoms with Gasteiger partial charge in [0.05, 0.1) is 11.0 Å². The summed E-state index contributed by atoms with van der Waals surface area (Å²) < 4.78 is 2.23. The number of aromatic nitrogens is 2. The number of carbonyl (C=O) groups is 1. The molecule has 23 heavy (non-hydrogen) atoms. The highest BCUT2D eigenvalue weighted by Gasteiger charge is 2.18. The largest absolute Gasteiger partial charge is 0.343 e. The second-order valence-corrected chi connectivity index (χ2v) is 6.81. The SMILES string of the molecule is CC(C)c1nc2ccccc2n1CCC(=O)N1CCCCCC1. The molecular weight excluding hydrogens is 286 g/mol. The first kappa shape index (κ1) is 16.0. The molecule has 1 aliphatic heterocycles. The van der Waals surface area contributed by atoms with Gasteiger partial charge in [0.25, 0.3) is 0 Å². The molecule has 1 amide bonds. The minimum Gasteiger partial charge on any atom is -0.343 e. The summed E-state index contributed by atoms with van der Waals surface area (Å²) in [6.07, 6.45) is 5.38. The Balaban J connectivity index is 1.75. The van der Waals surface area contributed by atoms with Crippen molar-refractivity contribution < 1.29 is 4.79 Å². The summed E-state index contributed by atoms with van der Waals surface area (Å²) in [5.41, 5.74) is 2.17. The number of para-hydroxylation sites is 2. The maximum absolute atomic E-state index is 12.6. The Morgan fingerprint density at radius 2 is 1.83 bits per heavy atom. The van der Waals surface area contributed by atoms with Crippen LogP contribution in [0.1, 0.15) is 57.7 Å². The Hall–Kier alpha value is -1.84. The van der Waals surface area contributed by atoms with Crippen LogP contribution in [0, 0.1) is 0 Å². The quantitative estimate of drug-likeness (QED) is 0.857. The summed E-state index contributed by atoms with van der Waals surface area (Å²) >= 11 is 0. The van der Waals surface area contributed by atoms with E-state index in [9.17, 15) is 4.79 Å². The third-order valence-corrected chi connectivity index (χ3v) is 4.71. The number of aryl methyl sites for hydroxylation is 1. The van der Waals surface area contributed by atoms with Crippen LogP contribution in [-0.2, 0) is 11.3 Å². The van der Waals surface area contributed by atoms with Crippen LogP contribution in [0.4, 0.5) is 0 Å². The van der Waals surface area contributed by atoms with Crippen LogP contribution in [0.25, 0.3) is 11.0 Å². The Bertz CT molecular complexity index is 666. The van der Waals surface area contributed by atoms with Crippen molar-refractivity contribution in [3.05, 3.63) is 30.1 Å². The second-order valence-electron chi connectivity index (χ2n) is 6.81. The van der Waals surface area contributed by atoms with Crippen molar-refractivity contribution in [1.82, 2.24) is 14.5 Å². The van der Waals surface area contributed by atoms with E-state index in [1.54, 1.807) is 0 Å². The highest BCUT2D eigenvalue weighted by Crippen LogP contribution is 2.22. The normalized spacial score (nSPS) is 16.0. The predicted molar refractivity (Wildman–Crippen MR) is 93.5 cm³/mol. The van der Waals surface area contributed by atoms with Gasteiger partial charge in [-0.1, -0.05) is 38.8 Å². The molecule has 124 valence electrons. The number of benzene rings is 1. The Morgan fingerprint density at radius 3 is 2.52 bits per heavy atom. The third-order valence-electron chi connectivity index (χ3n) is 4.71. The van der Waals surface area contributed by atoms with E-state index < -0.39 is 0 Å². The van der Waals surface area contributed by atoms with Crippen LogP contribution < -0.4 is 0 Å². The fraction of sp³-hybridized carbons (Fsp3) is 0.579. The molecule has 1 fully saturated rings. The number of likely N-dealkylation sites (tertiary alicyclic amines) is 1. The molecule has 0 bridgehead atoms. The smallest absolute Gasteiger partial charge is 0.224 e. The van der Waals surface area contributed by atoms with E-state index in [0.717, 1.165) is 49.3 Å². The average molecular weight is 313 g/mol. The summed E-state index contributed by atoms with van der Waals surface area (Å²) in [6.45, 7) is 6.91. The molecule has 0 unspecified atom stereocenters. The number of rotatable bonds is 4. The molecule has 1 aliphatic rings. The van der Waals surface area contributed by atoms with Gasteiger partial charge in [0.1, 0.15) is 5.82 Å². The number of fused-ring (bicyclic) bond motifs is 1. The van der Waals surface area contributed by atoms with Gasteiger partial charge >= 0.3 is 0 Å². The van der Waals surface area contributed by atoms with Crippen molar-refractivity contribution in [1.29, 1.82) is 0 Å². The lowest BCUT2D eigenvalue weighted by atomic mass is 10.2. The predicted octanol–water partition coefficient (Wildman–Crippen LogP) is 3.95. The lowest BCUT2D eigenvalue weighted by molar-refractivity contribution is -0.131. The van der Waals surface area contributed by atoms with Gasteiger partial charge in [-0.05, 0) is 25.0 Å². The van der Waals surface area contributed by atoms with E-state index in [4.69, 9.17) is 4.98 Å². The lowest BCUT2D eigenvalue weighted by Gasteiger charge is -2.21. The van der Waals surface area contributed by atoms with Gasteiger partial charge in [0.2, 0.25) is 5.91 Å². The fourth-order valence-electron chi connectivity index (χ4n) is 3.46. The number of hydrogen-bond acceptors (Lipinski definition) is 2. The van der Waals surface area contributed by atoms with Gasteiger partial charge in [-0.3, -0.25) is 4.79 Å². The van der Waals surface area contributed by atoms with Gasteiger partial charge in [0.15, 0.2) is 0 Å².